The second kappa shape index (κ2) is 6.00. The van der Waals surface area contributed by atoms with E-state index >= 15 is 0 Å². The van der Waals surface area contributed by atoms with E-state index in [9.17, 15) is 0 Å². The number of hydrogen-bond donors (Lipinski definition) is 0. The summed E-state index contributed by atoms with van der Waals surface area (Å²) in [6.45, 7) is 6.56. The van der Waals surface area contributed by atoms with E-state index in [1.54, 1.807) is 0 Å². The second-order valence-electron chi connectivity index (χ2n) is 1.89. The molecule has 0 saturated heterocycles. The summed E-state index contributed by atoms with van der Waals surface area (Å²) in [7, 11) is 0. The molecule has 0 nitrogen and oxygen atoms in total. The Kier molecular flexibility index (Phi) is 8.64. The van der Waals surface area contributed by atoms with E-state index in [1.807, 2.05) is 0 Å². The molecule has 45 valence electrons. The highest BCUT2D eigenvalue weighted by Crippen LogP contribution is 1.98. The van der Waals surface area contributed by atoms with E-state index in [4.69, 9.17) is 0 Å². The fourth-order valence-corrected chi connectivity index (χ4v) is 0.471. The molecule has 1 radical (unpaired) electrons. The molecule has 0 saturated carbocycles. The van der Waals surface area contributed by atoms with Crippen LogP contribution in [0.25, 0.3) is 0 Å². The van der Waals surface area contributed by atoms with Crippen molar-refractivity contribution in [2.75, 3.05) is 0 Å². The summed E-state index contributed by atoms with van der Waals surface area (Å²) in [5, 5.41) is 0. The second-order valence-corrected chi connectivity index (χ2v) is 1.89. The van der Waals surface area contributed by atoms with E-state index in [1.165, 1.54) is 6.42 Å². The summed E-state index contributed by atoms with van der Waals surface area (Å²) in [5.41, 5.74) is 0. The van der Waals surface area contributed by atoms with Crippen molar-refractivity contribution in [3.05, 3.63) is 6.42 Å². The van der Waals surface area contributed by atoms with Crippen LogP contribution in [0.2, 0.25) is 0 Å². The van der Waals surface area contributed by atoms with Crippen molar-refractivity contribution < 1.29 is 0 Å². The Morgan fingerprint density at radius 1 is 1.43 bits per heavy atom. The lowest BCUT2D eigenvalue weighted by Gasteiger charge is -1.95. The van der Waals surface area contributed by atoms with E-state index in [0.717, 1.165) is 5.92 Å². The van der Waals surface area contributed by atoms with Crippen LogP contribution < -0.4 is 0 Å². The van der Waals surface area contributed by atoms with Crippen molar-refractivity contribution in [1.82, 2.24) is 0 Å². The van der Waals surface area contributed by atoms with Gasteiger partial charge in [0, 0.05) is 0 Å². The Hall–Kier alpha value is 0. The van der Waals surface area contributed by atoms with Crippen LogP contribution in [0.1, 0.15) is 34.6 Å². The lowest BCUT2D eigenvalue weighted by molar-refractivity contribution is 0.723. The molecule has 0 heteroatoms. The molecule has 0 aliphatic rings. The van der Waals surface area contributed by atoms with Crippen LogP contribution in [0.3, 0.4) is 0 Å². The molecule has 0 spiro atoms. The molecular weight excluding hydrogens is 84.1 g/mol. The van der Waals surface area contributed by atoms with E-state index in [2.05, 4.69) is 27.2 Å². The van der Waals surface area contributed by atoms with Gasteiger partial charge in [0.25, 0.3) is 0 Å². The lowest BCUT2D eigenvalue weighted by Crippen LogP contribution is -1.83. The van der Waals surface area contributed by atoms with E-state index in [0.29, 0.717) is 0 Å². The fraction of sp³-hybridized carbons (Fsp3) is 0.857. The van der Waals surface area contributed by atoms with Crippen LogP contribution in [0, 0.1) is 12.3 Å². The smallest absolute Gasteiger partial charge is 0.0363 e. The van der Waals surface area contributed by atoms with Gasteiger partial charge in [-0.15, -0.1) is 0 Å². The van der Waals surface area contributed by atoms with Crippen molar-refractivity contribution in [2.45, 2.75) is 34.6 Å². The minimum Gasteiger partial charge on any atom is -0.0776 e. The van der Waals surface area contributed by atoms with Crippen LogP contribution in [-0.2, 0) is 0 Å². The maximum absolute atomic E-state index is 2.29. The summed E-state index contributed by atoms with van der Waals surface area (Å²) >= 11 is 0. The van der Waals surface area contributed by atoms with Gasteiger partial charge in [-0.25, -0.2) is 0 Å². The van der Waals surface area contributed by atoms with Gasteiger partial charge in [0.15, 0.2) is 0 Å². The molecule has 0 aliphatic heterocycles. The monoisotopic (exact) mass is 101 g/mol. The number of hydrogen-bond acceptors (Lipinski definition) is 0. The first kappa shape index (κ1) is 10.1. The molecule has 0 N–H and O–H groups in total. The molecule has 0 aromatic rings. The molecule has 0 amide bonds. The van der Waals surface area contributed by atoms with Crippen LogP contribution in [0.5, 0.6) is 0 Å². The first-order chi connectivity index (χ1) is 2.77. The third-order valence-corrected chi connectivity index (χ3v) is 0.707. The van der Waals surface area contributed by atoms with Crippen LogP contribution in [0.4, 0.5) is 0 Å². The summed E-state index contributed by atoms with van der Waals surface area (Å²) < 4.78 is 0. The standard InChI is InChI=1S/C6H13.CH4/c1-4-5-6(2)3;/h5-6H,4H2,1-3H3;1H4. The van der Waals surface area contributed by atoms with Gasteiger partial charge >= 0.3 is 0 Å². The molecule has 0 unspecified atom stereocenters. The summed E-state index contributed by atoms with van der Waals surface area (Å²) in [4.78, 5) is 0. The third-order valence-electron chi connectivity index (χ3n) is 0.707. The summed E-state index contributed by atoms with van der Waals surface area (Å²) in [5.74, 6) is 0.773. The predicted molar refractivity (Wildman–Crippen MR) is 36.2 cm³/mol. The zero-order valence-corrected chi connectivity index (χ0v) is 4.86. The maximum Gasteiger partial charge on any atom is -0.0363 e. The van der Waals surface area contributed by atoms with Crippen LogP contribution >= 0.6 is 0 Å². The van der Waals surface area contributed by atoms with Crippen molar-refractivity contribution in [1.29, 1.82) is 0 Å². The number of rotatable bonds is 2. The highest BCUT2D eigenvalue weighted by molar-refractivity contribution is 4.64. The fourth-order valence-electron chi connectivity index (χ4n) is 0.471. The Morgan fingerprint density at radius 2 is 1.86 bits per heavy atom. The average Bonchev–Trinajstić information content (AvgIpc) is 1.35. The highest BCUT2D eigenvalue weighted by atomic mass is 13.9. The van der Waals surface area contributed by atoms with Crippen molar-refractivity contribution in [3.63, 3.8) is 0 Å². The molecule has 0 heterocycles. The van der Waals surface area contributed by atoms with Crippen molar-refractivity contribution in [3.8, 4) is 0 Å². The Bertz CT molecular complexity index is 21.2. The first-order valence-electron chi connectivity index (χ1n) is 2.60. The molecule has 0 fully saturated rings. The largest absolute Gasteiger partial charge is 0.0776 e. The van der Waals surface area contributed by atoms with Gasteiger partial charge in [-0.2, -0.15) is 0 Å². The van der Waals surface area contributed by atoms with E-state index in [-0.39, 0.29) is 7.43 Å². The molecule has 0 bridgehead atoms. The Balaban J connectivity index is 0. The zero-order valence-electron chi connectivity index (χ0n) is 4.86. The highest BCUT2D eigenvalue weighted by Gasteiger charge is 1.86. The minimum absolute atomic E-state index is 0. The molecule has 0 aromatic heterocycles. The SMILES string of the molecule is C.CC[CH]C(C)C. The molecule has 0 aliphatic carbocycles. The normalized spacial score (nSPS) is 8.57. The Morgan fingerprint density at radius 3 is 1.86 bits per heavy atom. The maximum atomic E-state index is 2.29. The molecule has 7 heavy (non-hydrogen) atoms. The van der Waals surface area contributed by atoms with Crippen LogP contribution in [0.15, 0.2) is 0 Å². The quantitative estimate of drug-likeness (QED) is 0.501. The minimum atomic E-state index is 0. The molecule has 0 atom stereocenters. The third kappa shape index (κ3) is 10.7. The van der Waals surface area contributed by atoms with Gasteiger partial charge in [0.05, 0.1) is 0 Å². The van der Waals surface area contributed by atoms with Gasteiger partial charge in [0.2, 0.25) is 0 Å². The van der Waals surface area contributed by atoms with Gasteiger partial charge in [-0.1, -0.05) is 34.6 Å². The van der Waals surface area contributed by atoms with Gasteiger partial charge in [-0.05, 0) is 12.3 Å². The van der Waals surface area contributed by atoms with Gasteiger partial charge in [-0.3, -0.25) is 0 Å². The van der Waals surface area contributed by atoms with Gasteiger partial charge in [0.1, 0.15) is 0 Å². The topological polar surface area (TPSA) is 0 Å². The first-order valence-corrected chi connectivity index (χ1v) is 2.60. The van der Waals surface area contributed by atoms with E-state index < -0.39 is 0 Å². The van der Waals surface area contributed by atoms with Gasteiger partial charge < -0.3 is 0 Å². The Labute approximate surface area is 47.9 Å². The lowest BCUT2D eigenvalue weighted by atomic mass is 10.1. The summed E-state index contributed by atoms with van der Waals surface area (Å²) in [6, 6.07) is 0. The molecule has 0 rings (SSSR count). The summed E-state index contributed by atoms with van der Waals surface area (Å²) in [6.07, 6.45) is 3.50. The van der Waals surface area contributed by atoms with Crippen molar-refractivity contribution in [2.24, 2.45) is 5.92 Å². The molecular formula is C7H17. The average molecular weight is 101 g/mol. The predicted octanol–water partition coefficient (Wildman–Crippen LogP) is 2.89. The van der Waals surface area contributed by atoms with Crippen molar-refractivity contribution >= 4 is 0 Å². The zero-order chi connectivity index (χ0) is 4.99. The molecule has 0 aromatic carbocycles. The van der Waals surface area contributed by atoms with Crippen LogP contribution in [-0.4, -0.2) is 0 Å².